The fourth-order valence-corrected chi connectivity index (χ4v) is 10.1. The van der Waals surface area contributed by atoms with Gasteiger partial charge >= 0.3 is 20.4 Å². The van der Waals surface area contributed by atoms with Gasteiger partial charge in [0.15, 0.2) is 0 Å². The molecule has 0 saturated heterocycles. The molecular formula is C13H31PPd+2. The van der Waals surface area contributed by atoms with Crippen LogP contribution in [0.3, 0.4) is 0 Å². The van der Waals surface area contributed by atoms with Crippen LogP contribution in [0.25, 0.3) is 0 Å². The van der Waals surface area contributed by atoms with Crippen LogP contribution in [0.15, 0.2) is 0 Å². The molecule has 0 rings (SSSR count). The zero-order chi connectivity index (χ0) is 11.1. The summed E-state index contributed by atoms with van der Waals surface area (Å²) in [6.45, 7) is 21.6. The Morgan fingerprint density at radius 1 is 0.533 bits per heavy atom. The molecule has 2 heteroatoms. The standard InChI is InChI=1S/C12H27P.CH3.Pd/c1-10(2,3)13(11(4,5)6)12(7,8)9;;/h1-9H3;1H3;/q;-1;+2/p+1. The van der Waals surface area contributed by atoms with Crippen molar-refractivity contribution in [2.24, 2.45) is 0 Å². The van der Waals surface area contributed by atoms with Gasteiger partial charge in [0.05, 0.1) is 15.5 Å². The van der Waals surface area contributed by atoms with E-state index in [1.165, 1.54) is 0 Å². The molecule has 0 nitrogen and oxygen atoms in total. The molecule has 0 fully saturated rings. The summed E-state index contributed by atoms with van der Waals surface area (Å²) in [4.78, 5) is 0. The molecule has 0 atom stereocenters. The van der Waals surface area contributed by atoms with E-state index >= 15 is 0 Å². The van der Waals surface area contributed by atoms with Crippen molar-refractivity contribution < 1.29 is 20.4 Å². The Labute approximate surface area is 113 Å². The molecule has 0 radical (unpaired) electrons. The van der Waals surface area contributed by atoms with E-state index in [-0.39, 0.29) is 27.8 Å². The molecule has 0 aromatic carbocycles. The second-order valence-electron chi connectivity index (χ2n) is 7.12. The van der Waals surface area contributed by atoms with Crippen LogP contribution in [0.1, 0.15) is 62.3 Å². The molecule has 96 valence electrons. The van der Waals surface area contributed by atoms with Crippen molar-refractivity contribution in [2.45, 2.75) is 77.8 Å². The van der Waals surface area contributed by atoms with Crippen LogP contribution in [0.5, 0.6) is 0 Å². The Hall–Kier alpha value is 1.09. The second kappa shape index (κ2) is 6.14. The quantitative estimate of drug-likeness (QED) is 0.332. The van der Waals surface area contributed by atoms with Crippen molar-refractivity contribution in [1.29, 1.82) is 0 Å². The SMILES string of the molecule is CC(C)(C)[PH+](C(C)(C)C)C(C)(C)C.[CH3-].[Pd+2]. The zero-order valence-electron chi connectivity index (χ0n) is 12.3. The molecule has 15 heavy (non-hydrogen) atoms. The van der Waals surface area contributed by atoms with Gasteiger partial charge in [-0.2, -0.15) is 0 Å². The van der Waals surface area contributed by atoms with E-state index in [1.54, 1.807) is 0 Å². The third kappa shape index (κ3) is 7.10. The molecule has 0 aromatic heterocycles. The van der Waals surface area contributed by atoms with Gasteiger partial charge in [-0.25, -0.2) is 0 Å². The van der Waals surface area contributed by atoms with Gasteiger partial charge in [-0.3, -0.25) is 0 Å². The molecule has 0 spiro atoms. The van der Waals surface area contributed by atoms with Crippen molar-refractivity contribution in [1.82, 2.24) is 0 Å². The predicted octanol–water partition coefficient (Wildman–Crippen LogP) is 5.04. The van der Waals surface area contributed by atoms with Crippen molar-refractivity contribution in [3.05, 3.63) is 7.43 Å². The monoisotopic (exact) mass is 324 g/mol. The van der Waals surface area contributed by atoms with Crippen LogP contribution in [0, 0.1) is 7.43 Å². The predicted molar refractivity (Wildman–Crippen MR) is 74.0 cm³/mol. The fraction of sp³-hybridized carbons (Fsp3) is 0.923. The van der Waals surface area contributed by atoms with Crippen molar-refractivity contribution in [2.75, 3.05) is 0 Å². The minimum absolute atomic E-state index is 0. The summed E-state index contributed by atoms with van der Waals surface area (Å²) in [5.41, 5.74) is 0. The smallest absolute Gasteiger partial charge is 0.358 e. The van der Waals surface area contributed by atoms with E-state index in [4.69, 9.17) is 0 Å². The van der Waals surface area contributed by atoms with Crippen LogP contribution < -0.4 is 0 Å². The largest absolute Gasteiger partial charge is 2.00 e. The molecule has 0 aliphatic heterocycles. The maximum Gasteiger partial charge on any atom is 2.00 e. The van der Waals surface area contributed by atoms with Crippen molar-refractivity contribution >= 4 is 7.92 Å². The van der Waals surface area contributed by atoms with E-state index in [0.717, 1.165) is 0 Å². The summed E-state index contributed by atoms with van der Waals surface area (Å²) < 4.78 is 0. The van der Waals surface area contributed by atoms with Gasteiger partial charge < -0.3 is 7.43 Å². The second-order valence-corrected chi connectivity index (χ2v) is 12.4. The van der Waals surface area contributed by atoms with Crippen LogP contribution in [0.2, 0.25) is 0 Å². The average Bonchev–Trinajstić information content (AvgIpc) is 1.44. The van der Waals surface area contributed by atoms with Crippen molar-refractivity contribution in [3.8, 4) is 0 Å². The van der Waals surface area contributed by atoms with Crippen LogP contribution in [-0.4, -0.2) is 15.5 Å². The van der Waals surface area contributed by atoms with Gasteiger partial charge in [-0.05, 0) is 62.3 Å². The first-order valence-electron chi connectivity index (χ1n) is 5.25. The molecule has 0 aliphatic rings. The van der Waals surface area contributed by atoms with Gasteiger partial charge in [-0.1, -0.05) is 0 Å². The Bertz CT molecular complexity index is 133. The summed E-state index contributed by atoms with van der Waals surface area (Å²) in [6.07, 6.45) is 0. The number of hydrogen-bond acceptors (Lipinski definition) is 0. The van der Waals surface area contributed by atoms with Gasteiger partial charge in [0.2, 0.25) is 0 Å². The summed E-state index contributed by atoms with van der Waals surface area (Å²) in [6, 6.07) is 0. The van der Waals surface area contributed by atoms with Crippen molar-refractivity contribution in [3.63, 3.8) is 0 Å². The topological polar surface area (TPSA) is 0 Å². The molecule has 0 saturated carbocycles. The summed E-state index contributed by atoms with van der Waals surface area (Å²) in [7, 11) is -0.391. The van der Waals surface area contributed by atoms with E-state index in [1.807, 2.05) is 0 Å². The molecule has 0 unspecified atom stereocenters. The molecule has 0 amide bonds. The Kier molecular flexibility index (Phi) is 8.75. The Morgan fingerprint density at radius 2 is 0.667 bits per heavy atom. The molecule has 0 aliphatic carbocycles. The summed E-state index contributed by atoms with van der Waals surface area (Å²) >= 11 is 0. The summed E-state index contributed by atoms with van der Waals surface area (Å²) in [5, 5.41) is 1.46. The number of hydrogen-bond donors (Lipinski definition) is 0. The maximum atomic E-state index is 2.40. The fourth-order valence-electron chi connectivity index (χ4n) is 3.38. The van der Waals surface area contributed by atoms with Gasteiger partial charge in [0, 0.05) is 7.92 Å². The van der Waals surface area contributed by atoms with Gasteiger partial charge in [0.1, 0.15) is 0 Å². The molecule has 0 N–H and O–H groups in total. The van der Waals surface area contributed by atoms with Gasteiger partial charge in [-0.15, -0.1) is 0 Å². The minimum Gasteiger partial charge on any atom is -0.358 e. The first-order chi connectivity index (χ1) is 5.37. The minimum atomic E-state index is -0.391. The van der Waals surface area contributed by atoms with Crippen LogP contribution in [0.4, 0.5) is 0 Å². The van der Waals surface area contributed by atoms with Crippen LogP contribution >= 0.6 is 7.92 Å². The number of rotatable bonds is 0. The van der Waals surface area contributed by atoms with Gasteiger partial charge in [0.25, 0.3) is 0 Å². The Balaban J connectivity index is -0.000000720. The Morgan fingerprint density at radius 3 is 0.667 bits per heavy atom. The summed E-state index contributed by atoms with van der Waals surface area (Å²) in [5.74, 6) is 0. The molecular weight excluding hydrogens is 294 g/mol. The first-order valence-corrected chi connectivity index (χ1v) is 6.75. The third-order valence-corrected chi connectivity index (χ3v) is 6.75. The first kappa shape index (κ1) is 21.4. The normalized spacial score (nSPS) is 13.2. The van der Waals surface area contributed by atoms with E-state index in [9.17, 15) is 0 Å². The average molecular weight is 325 g/mol. The van der Waals surface area contributed by atoms with E-state index in [2.05, 4.69) is 62.3 Å². The van der Waals surface area contributed by atoms with E-state index < -0.39 is 7.92 Å². The van der Waals surface area contributed by atoms with E-state index in [0.29, 0.717) is 15.5 Å². The molecule has 0 heterocycles. The molecule has 0 aromatic rings. The zero-order valence-corrected chi connectivity index (χ0v) is 14.9. The van der Waals surface area contributed by atoms with Crippen LogP contribution in [-0.2, 0) is 20.4 Å². The molecule has 0 bridgehead atoms. The maximum absolute atomic E-state index is 2.40. The third-order valence-electron chi connectivity index (χ3n) is 2.25.